The number of nitrogens with zero attached hydrogens (tertiary/aromatic N) is 2. The first kappa shape index (κ1) is 15.0. The Balaban J connectivity index is 1.86. The molecule has 0 aliphatic carbocycles. The summed E-state index contributed by atoms with van der Waals surface area (Å²) in [5, 5.41) is 9.15. The number of piperidine rings is 1. The number of hydrogen-bond acceptors (Lipinski definition) is 3. The molecule has 2 aliphatic heterocycles. The summed E-state index contributed by atoms with van der Waals surface area (Å²) < 4.78 is 0. The van der Waals surface area contributed by atoms with Crippen LogP contribution in [-0.2, 0) is 16.1 Å². The second kappa shape index (κ2) is 5.72. The van der Waals surface area contributed by atoms with Gasteiger partial charge in [-0.15, -0.1) is 0 Å². The van der Waals surface area contributed by atoms with Gasteiger partial charge in [-0.3, -0.25) is 9.59 Å². The summed E-state index contributed by atoms with van der Waals surface area (Å²) in [4.78, 5) is 28.1. The molecular weight excluding hydrogens is 280 g/mol. The number of benzene rings is 1. The third-order valence-corrected chi connectivity index (χ3v) is 5.14. The quantitative estimate of drug-likeness (QED) is 0.911. The lowest BCUT2D eigenvalue weighted by Gasteiger charge is -2.47. The van der Waals surface area contributed by atoms with Crippen LogP contribution in [0.4, 0.5) is 0 Å². The van der Waals surface area contributed by atoms with Crippen molar-refractivity contribution in [3.05, 3.63) is 35.9 Å². The van der Waals surface area contributed by atoms with E-state index < -0.39 is 6.61 Å². The summed E-state index contributed by atoms with van der Waals surface area (Å²) in [5.41, 5.74) is 0.764. The average molecular weight is 302 g/mol. The van der Waals surface area contributed by atoms with Gasteiger partial charge in [0.2, 0.25) is 11.8 Å². The Kier molecular flexibility index (Phi) is 3.91. The lowest BCUT2D eigenvalue weighted by atomic mass is 9.83. The molecule has 0 bridgehead atoms. The zero-order valence-corrected chi connectivity index (χ0v) is 12.9. The highest BCUT2D eigenvalue weighted by molar-refractivity contribution is 5.81. The molecule has 2 atom stereocenters. The summed E-state index contributed by atoms with van der Waals surface area (Å²) in [6.07, 6.45) is 1.91. The first-order chi connectivity index (χ1) is 10.6. The molecule has 2 aliphatic rings. The number of rotatable bonds is 3. The number of fused-ring (bicyclic) bond motifs is 1. The highest BCUT2D eigenvalue weighted by Crippen LogP contribution is 2.41. The minimum Gasteiger partial charge on any atom is -0.387 e. The van der Waals surface area contributed by atoms with E-state index in [1.807, 2.05) is 35.2 Å². The van der Waals surface area contributed by atoms with Crippen molar-refractivity contribution < 1.29 is 14.7 Å². The molecule has 0 spiro atoms. The number of carbonyl (C=O) groups is 2. The predicted molar refractivity (Wildman–Crippen MR) is 81.8 cm³/mol. The van der Waals surface area contributed by atoms with E-state index in [9.17, 15) is 9.59 Å². The third-order valence-electron chi connectivity index (χ3n) is 5.14. The molecule has 0 aromatic heterocycles. The molecule has 0 unspecified atom stereocenters. The molecule has 2 amide bonds. The molecular formula is C17H22N2O3. The Morgan fingerprint density at radius 2 is 2.09 bits per heavy atom. The molecule has 22 heavy (non-hydrogen) atoms. The van der Waals surface area contributed by atoms with Crippen LogP contribution in [0.3, 0.4) is 0 Å². The molecule has 3 rings (SSSR count). The first-order valence-electron chi connectivity index (χ1n) is 7.81. The van der Waals surface area contributed by atoms with Crippen molar-refractivity contribution in [3.63, 3.8) is 0 Å². The summed E-state index contributed by atoms with van der Waals surface area (Å²) in [6, 6.07) is 9.95. The molecule has 2 saturated heterocycles. The zero-order chi connectivity index (χ0) is 15.7. The molecule has 2 fully saturated rings. The van der Waals surface area contributed by atoms with Gasteiger partial charge in [-0.2, -0.15) is 0 Å². The van der Waals surface area contributed by atoms with E-state index in [1.165, 1.54) is 0 Å². The van der Waals surface area contributed by atoms with E-state index >= 15 is 0 Å². The molecule has 118 valence electrons. The van der Waals surface area contributed by atoms with Crippen molar-refractivity contribution >= 4 is 11.8 Å². The number of aliphatic hydroxyl groups excluding tert-OH is 1. The van der Waals surface area contributed by atoms with Crippen molar-refractivity contribution in [1.82, 2.24) is 9.80 Å². The normalized spacial score (nSPS) is 27.9. The fourth-order valence-corrected chi connectivity index (χ4v) is 3.89. The molecule has 5 nitrogen and oxygen atoms in total. The van der Waals surface area contributed by atoms with Crippen LogP contribution < -0.4 is 0 Å². The maximum Gasteiger partial charge on any atom is 0.248 e. The highest BCUT2D eigenvalue weighted by Gasteiger charge is 2.53. The van der Waals surface area contributed by atoms with Gasteiger partial charge in [-0.25, -0.2) is 0 Å². The molecule has 2 heterocycles. The monoisotopic (exact) mass is 302 g/mol. The van der Waals surface area contributed by atoms with Crippen LogP contribution in [0.15, 0.2) is 30.3 Å². The van der Waals surface area contributed by atoms with E-state index in [0.29, 0.717) is 25.9 Å². The Bertz CT molecular complexity index is 575. The van der Waals surface area contributed by atoms with Gasteiger partial charge >= 0.3 is 0 Å². The minimum absolute atomic E-state index is 0.00793. The van der Waals surface area contributed by atoms with E-state index in [2.05, 4.69) is 6.92 Å². The van der Waals surface area contributed by atoms with Crippen molar-refractivity contribution in [2.45, 2.75) is 44.3 Å². The summed E-state index contributed by atoms with van der Waals surface area (Å²) >= 11 is 0. The van der Waals surface area contributed by atoms with Gasteiger partial charge in [-0.05, 0) is 25.3 Å². The lowest BCUT2D eigenvalue weighted by Crippen LogP contribution is -2.60. The van der Waals surface area contributed by atoms with Gasteiger partial charge in [0.1, 0.15) is 6.61 Å². The molecule has 5 heteroatoms. The molecule has 0 radical (unpaired) electrons. The second-order valence-electron chi connectivity index (χ2n) is 6.37. The predicted octanol–water partition coefficient (Wildman–Crippen LogP) is 1.16. The summed E-state index contributed by atoms with van der Waals surface area (Å²) in [6.45, 7) is 2.80. The largest absolute Gasteiger partial charge is 0.387 e. The number of aliphatic hydroxyl groups is 1. The maximum absolute atomic E-state index is 12.5. The number of hydrogen-bond donors (Lipinski definition) is 1. The van der Waals surface area contributed by atoms with Crippen molar-refractivity contribution in [1.29, 1.82) is 0 Å². The molecule has 0 saturated carbocycles. The van der Waals surface area contributed by atoms with Crippen LogP contribution in [-0.4, -0.2) is 51.5 Å². The first-order valence-corrected chi connectivity index (χ1v) is 7.81. The Morgan fingerprint density at radius 1 is 1.36 bits per heavy atom. The third kappa shape index (κ3) is 2.39. The fourth-order valence-electron chi connectivity index (χ4n) is 3.89. The Labute approximate surface area is 130 Å². The van der Waals surface area contributed by atoms with Gasteiger partial charge in [-0.1, -0.05) is 30.3 Å². The summed E-state index contributed by atoms with van der Waals surface area (Å²) in [7, 11) is 0. The van der Waals surface area contributed by atoms with Gasteiger partial charge in [0.15, 0.2) is 0 Å². The van der Waals surface area contributed by atoms with Crippen LogP contribution in [0, 0.1) is 0 Å². The molecule has 1 aromatic rings. The van der Waals surface area contributed by atoms with Crippen LogP contribution in [0.25, 0.3) is 0 Å². The number of likely N-dealkylation sites (tertiary alicyclic amines) is 2. The standard InChI is InChI=1S/C17H22N2O3/c1-17-9-10-18(16(22)12-20)14(17)7-8-15(21)19(17)11-13-5-3-2-4-6-13/h2-6,14,20H,7-12H2,1H3/t14-,17-/m0/s1. The van der Waals surface area contributed by atoms with Crippen LogP contribution in [0.2, 0.25) is 0 Å². The summed E-state index contributed by atoms with van der Waals surface area (Å²) in [5.74, 6) is -0.0800. The van der Waals surface area contributed by atoms with E-state index in [0.717, 1.165) is 12.0 Å². The minimum atomic E-state index is -0.459. The maximum atomic E-state index is 12.5. The van der Waals surface area contributed by atoms with Crippen molar-refractivity contribution in [2.24, 2.45) is 0 Å². The van der Waals surface area contributed by atoms with Crippen LogP contribution in [0.1, 0.15) is 31.7 Å². The van der Waals surface area contributed by atoms with E-state index in [1.54, 1.807) is 4.90 Å². The number of carbonyl (C=O) groups excluding carboxylic acids is 2. The van der Waals surface area contributed by atoms with Crippen molar-refractivity contribution in [3.8, 4) is 0 Å². The van der Waals surface area contributed by atoms with Crippen LogP contribution >= 0.6 is 0 Å². The topological polar surface area (TPSA) is 60.9 Å². The fraction of sp³-hybridized carbons (Fsp3) is 0.529. The lowest BCUT2D eigenvalue weighted by molar-refractivity contribution is -0.149. The van der Waals surface area contributed by atoms with Crippen molar-refractivity contribution in [2.75, 3.05) is 13.2 Å². The SMILES string of the molecule is C[C@]12CCN(C(=O)CO)[C@H]1CCC(=O)N2Cc1ccccc1. The average Bonchev–Trinajstić information content (AvgIpc) is 2.88. The zero-order valence-electron chi connectivity index (χ0n) is 12.9. The van der Waals surface area contributed by atoms with Gasteiger partial charge in [0.25, 0.3) is 0 Å². The second-order valence-corrected chi connectivity index (χ2v) is 6.37. The van der Waals surface area contributed by atoms with Crippen LogP contribution in [0.5, 0.6) is 0 Å². The van der Waals surface area contributed by atoms with Gasteiger partial charge in [0, 0.05) is 19.5 Å². The Morgan fingerprint density at radius 3 is 2.77 bits per heavy atom. The Hall–Kier alpha value is -1.88. The molecule has 1 N–H and O–H groups in total. The van der Waals surface area contributed by atoms with E-state index in [-0.39, 0.29) is 23.4 Å². The molecule has 1 aromatic carbocycles. The van der Waals surface area contributed by atoms with Gasteiger partial charge in [0.05, 0.1) is 11.6 Å². The van der Waals surface area contributed by atoms with Gasteiger partial charge < -0.3 is 14.9 Å². The smallest absolute Gasteiger partial charge is 0.248 e. The highest BCUT2D eigenvalue weighted by atomic mass is 16.3. The number of amides is 2. The van der Waals surface area contributed by atoms with E-state index in [4.69, 9.17) is 5.11 Å².